The average Bonchev–Trinajstić information content (AvgIpc) is 2.91. The van der Waals surface area contributed by atoms with Crippen molar-refractivity contribution in [1.82, 2.24) is 0 Å². The number of anilines is 1. The smallest absolute Gasteiger partial charge is 0.238 e. The number of para-hydroxylation sites is 1. The predicted octanol–water partition coefficient (Wildman–Crippen LogP) is 2.30. The number of hydrogen-bond acceptors (Lipinski definition) is 4. The van der Waals surface area contributed by atoms with E-state index < -0.39 is 10.0 Å². The van der Waals surface area contributed by atoms with Crippen LogP contribution < -0.4 is 14.8 Å². The van der Waals surface area contributed by atoms with Crippen molar-refractivity contribution < 1.29 is 13.2 Å². The molecular weight excluding hydrogens is 312 g/mol. The third-order valence-electron chi connectivity index (χ3n) is 4.00. The van der Waals surface area contributed by atoms with E-state index in [0.29, 0.717) is 6.61 Å². The van der Waals surface area contributed by atoms with Gasteiger partial charge in [-0.1, -0.05) is 18.2 Å². The summed E-state index contributed by atoms with van der Waals surface area (Å²) in [5.74, 6) is 0.893. The van der Waals surface area contributed by atoms with E-state index in [2.05, 4.69) is 11.0 Å². The summed E-state index contributed by atoms with van der Waals surface area (Å²) in [6.07, 6.45) is 0.815. The largest absolute Gasteiger partial charge is 0.494 e. The number of sulfonamides is 1. The molecule has 3 rings (SSSR count). The van der Waals surface area contributed by atoms with E-state index >= 15 is 0 Å². The Labute approximate surface area is 136 Å². The molecule has 2 aromatic rings. The molecule has 0 aromatic heterocycles. The third kappa shape index (κ3) is 3.33. The number of nitrogens with two attached hydrogens (primary N) is 1. The molecule has 0 spiro atoms. The molecule has 23 heavy (non-hydrogen) atoms. The second-order valence-corrected chi connectivity index (χ2v) is 7.11. The molecule has 2 aromatic carbocycles. The van der Waals surface area contributed by atoms with Crippen molar-refractivity contribution >= 4 is 15.7 Å². The predicted molar refractivity (Wildman–Crippen MR) is 90.2 cm³/mol. The normalized spacial score (nSPS) is 13.9. The summed E-state index contributed by atoms with van der Waals surface area (Å²) in [4.78, 5) is 2.41. The number of benzene rings is 2. The quantitative estimate of drug-likeness (QED) is 0.912. The van der Waals surface area contributed by atoms with E-state index in [0.717, 1.165) is 42.1 Å². The van der Waals surface area contributed by atoms with Crippen LogP contribution in [0.25, 0.3) is 0 Å². The Kier molecular flexibility index (Phi) is 4.28. The van der Waals surface area contributed by atoms with Crippen molar-refractivity contribution in [3.8, 4) is 5.75 Å². The van der Waals surface area contributed by atoms with E-state index in [1.165, 1.54) is 0 Å². The van der Waals surface area contributed by atoms with Crippen LogP contribution in [-0.2, 0) is 23.0 Å². The SMILES string of the molecule is CCOc1ccccc1CN1CCc2cc(S(N)(=O)=O)ccc21. The zero-order valence-electron chi connectivity index (χ0n) is 13.0. The summed E-state index contributed by atoms with van der Waals surface area (Å²) >= 11 is 0. The van der Waals surface area contributed by atoms with Crippen LogP contribution in [0.1, 0.15) is 18.1 Å². The first-order valence-electron chi connectivity index (χ1n) is 7.60. The van der Waals surface area contributed by atoms with E-state index in [1.54, 1.807) is 12.1 Å². The lowest BCUT2D eigenvalue weighted by Crippen LogP contribution is -2.20. The zero-order valence-corrected chi connectivity index (χ0v) is 13.8. The minimum atomic E-state index is -3.65. The number of primary sulfonamides is 1. The fraction of sp³-hybridized carbons (Fsp3) is 0.294. The van der Waals surface area contributed by atoms with Gasteiger partial charge >= 0.3 is 0 Å². The number of nitrogens with zero attached hydrogens (tertiary/aromatic N) is 1. The minimum absolute atomic E-state index is 0.174. The molecule has 1 aliphatic rings. The summed E-state index contributed by atoms with van der Waals surface area (Å²) in [7, 11) is -3.65. The van der Waals surface area contributed by atoms with Crippen molar-refractivity contribution in [2.45, 2.75) is 24.8 Å². The molecule has 0 saturated heterocycles. The second-order valence-electron chi connectivity index (χ2n) is 5.55. The van der Waals surface area contributed by atoms with Crippen molar-refractivity contribution in [1.29, 1.82) is 0 Å². The fourth-order valence-corrected chi connectivity index (χ4v) is 3.49. The van der Waals surface area contributed by atoms with Crippen LogP contribution in [0.15, 0.2) is 47.4 Å². The highest BCUT2D eigenvalue weighted by molar-refractivity contribution is 7.89. The Morgan fingerprint density at radius 1 is 1.22 bits per heavy atom. The van der Waals surface area contributed by atoms with Crippen LogP contribution in [0.3, 0.4) is 0 Å². The van der Waals surface area contributed by atoms with Gasteiger partial charge in [-0.3, -0.25) is 0 Å². The monoisotopic (exact) mass is 332 g/mol. The van der Waals surface area contributed by atoms with Crippen LogP contribution in [0.2, 0.25) is 0 Å². The molecule has 1 aliphatic heterocycles. The Balaban J connectivity index is 1.86. The molecule has 1 heterocycles. The summed E-state index contributed by atoms with van der Waals surface area (Å²) in [5.41, 5.74) is 3.20. The van der Waals surface area contributed by atoms with Crippen LogP contribution >= 0.6 is 0 Å². The Bertz CT molecular complexity index is 818. The molecule has 0 fully saturated rings. The van der Waals surface area contributed by atoms with E-state index in [1.807, 2.05) is 31.2 Å². The van der Waals surface area contributed by atoms with Gasteiger partial charge < -0.3 is 9.64 Å². The summed E-state index contributed by atoms with van der Waals surface area (Å²) in [5, 5.41) is 5.20. The number of rotatable bonds is 5. The lowest BCUT2D eigenvalue weighted by atomic mass is 10.1. The molecule has 0 amide bonds. The maximum Gasteiger partial charge on any atom is 0.238 e. The number of hydrogen-bond donors (Lipinski definition) is 1. The van der Waals surface area contributed by atoms with Crippen LogP contribution in [0.4, 0.5) is 5.69 Å². The molecule has 0 saturated carbocycles. The standard InChI is InChI=1S/C17H20N2O3S/c1-2-22-17-6-4-3-5-14(17)12-19-10-9-13-11-15(23(18,20)21)7-8-16(13)19/h3-8,11H,2,9-10,12H2,1H3,(H2,18,20,21). The Hall–Kier alpha value is -2.05. The van der Waals surface area contributed by atoms with E-state index in [4.69, 9.17) is 9.88 Å². The van der Waals surface area contributed by atoms with Crippen molar-refractivity contribution in [3.05, 3.63) is 53.6 Å². The van der Waals surface area contributed by atoms with Crippen LogP contribution in [0.5, 0.6) is 5.75 Å². The van der Waals surface area contributed by atoms with Crippen LogP contribution in [-0.4, -0.2) is 21.6 Å². The minimum Gasteiger partial charge on any atom is -0.494 e. The lowest BCUT2D eigenvalue weighted by Gasteiger charge is -2.21. The van der Waals surface area contributed by atoms with Gasteiger partial charge in [0, 0.05) is 24.3 Å². The molecular formula is C17H20N2O3S. The molecule has 5 nitrogen and oxygen atoms in total. The van der Waals surface area contributed by atoms with Gasteiger partial charge in [0.2, 0.25) is 10.0 Å². The third-order valence-corrected chi connectivity index (χ3v) is 4.92. The van der Waals surface area contributed by atoms with Gasteiger partial charge in [0.15, 0.2) is 0 Å². The van der Waals surface area contributed by atoms with Gasteiger partial charge in [-0.15, -0.1) is 0 Å². The van der Waals surface area contributed by atoms with Crippen molar-refractivity contribution in [2.75, 3.05) is 18.1 Å². The highest BCUT2D eigenvalue weighted by Crippen LogP contribution is 2.32. The summed E-state index contributed by atoms with van der Waals surface area (Å²) in [6, 6.07) is 13.1. The molecule has 0 radical (unpaired) electrons. The fourth-order valence-electron chi connectivity index (χ4n) is 2.92. The topological polar surface area (TPSA) is 72.6 Å². The van der Waals surface area contributed by atoms with Gasteiger partial charge in [-0.25, -0.2) is 13.6 Å². The first-order chi connectivity index (χ1) is 11.0. The molecule has 0 bridgehead atoms. The van der Waals surface area contributed by atoms with Crippen molar-refractivity contribution in [3.63, 3.8) is 0 Å². The second kappa shape index (κ2) is 6.22. The Morgan fingerprint density at radius 3 is 2.74 bits per heavy atom. The lowest BCUT2D eigenvalue weighted by molar-refractivity contribution is 0.336. The van der Waals surface area contributed by atoms with Gasteiger partial charge in [0.05, 0.1) is 11.5 Å². The Morgan fingerprint density at radius 2 is 2.00 bits per heavy atom. The summed E-state index contributed by atoms with van der Waals surface area (Å²) < 4.78 is 28.6. The first-order valence-corrected chi connectivity index (χ1v) is 9.15. The highest BCUT2D eigenvalue weighted by Gasteiger charge is 2.22. The molecule has 2 N–H and O–H groups in total. The number of ether oxygens (including phenoxy) is 1. The maximum atomic E-state index is 11.5. The van der Waals surface area contributed by atoms with Gasteiger partial charge in [0.1, 0.15) is 5.75 Å². The van der Waals surface area contributed by atoms with Gasteiger partial charge in [-0.2, -0.15) is 0 Å². The van der Waals surface area contributed by atoms with Crippen LogP contribution in [0, 0.1) is 0 Å². The van der Waals surface area contributed by atoms with Crippen molar-refractivity contribution in [2.24, 2.45) is 5.14 Å². The molecule has 0 aliphatic carbocycles. The number of fused-ring (bicyclic) bond motifs is 1. The van der Waals surface area contributed by atoms with Gasteiger partial charge in [0.25, 0.3) is 0 Å². The van der Waals surface area contributed by atoms with E-state index in [9.17, 15) is 8.42 Å². The molecule has 122 valence electrons. The molecule has 6 heteroatoms. The average molecular weight is 332 g/mol. The molecule has 0 unspecified atom stereocenters. The van der Waals surface area contributed by atoms with Gasteiger partial charge in [-0.05, 0) is 43.2 Å². The zero-order chi connectivity index (χ0) is 16.4. The maximum absolute atomic E-state index is 11.5. The first kappa shape index (κ1) is 15.8. The highest BCUT2D eigenvalue weighted by atomic mass is 32.2. The summed E-state index contributed by atoms with van der Waals surface area (Å²) in [6.45, 7) is 4.18. The van der Waals surface area contributed by atoms with E-state index in [-0.39, 0.29) is 4.90 Å². The molecule has 0 atom stereocenters.